The van der Waals surface area contributed by atoms with E-state index < -0.39 is 30.0 Å². The van der Waals surface area contributed by atoms with Gasteiger partial charge in [0.25, 0.3) is 5.91 Å². The number of esters is 1. The highest BCUT2D eigenvalue weighted by molar-refractivity contribution is 5.97. The summed E-state index contributed by atoms with van der Waals surface area (Å²) < 4.78 is 4.99. The molecular weight excluding hydrogens is 324 g/mol. The number of amides is 2. The molecule has 0 spiro atoms. The molecule has 25 heavy (non-hydrogen) atoms. The second kappa shape index (κ2) is 8.07. The van der Waals surface area contributed by atoms with Gasteiger partial charge in [-0.1, -0.05) is 30.3 Å². The number of ether oxygens (including phenoxy) is 1. The Balaban J connectivity index is 1.93. The summed E-state index contributed by atoms with van der Waals surface area (Å²) in [6, 6.07) is 14.2. The number of anilines is 1. The molecule has 0 radical (unpaired) electrons. The molecule has 2 aromatic rings. The minimum atomic E-state index is -1.47. The molecule has 0 saturated carbocycles. The topological polar surface area (TPSA) is 119 Å². The SMILES string of the molecule is C[C@@H](OC(=O)[C@H](O)c1ccccc1)C(=O)Nc1ccc(C(N)=O)cc1. The summed E-state index contributed by atoms with van der Waals surface area (Å²) in [6.45, 7) is 1.39. The first-order valence-electron chi connectivity index (χ1n) is 7.52. The van der Waals surface area contributed by atoms with Crippen molar-refractivity contribution < 1.29 is 24.2 Å². The van der Waals surface area contributed by atoms with Crippen LogP contribution >= 0.6 is 0 Å². The Morgan fingerprint density at radius 2 is 1.64 bits per heavy atom. The maximum atomic E-state index is 12.1. The third-order valence-corrected chi connectivity index (χ3v) is 3.44. The second-order valence-corrected chi connectivity index (χ2v) is 5.32. The Morgan fingerprint density at radius 1 is 1.04 bits per heavy atom. The van der Waals surface area contributed by atoms with Crippen molar-refractivity contribution in [2.45, 2.75) is 19.1 Å². The predicted molar refractivity (Wildman–Crippen MR) is 90.5 cm³/mol. The van der Waals surface area contributed by atoms with Crippen LogP contribution < -0.4 is 11.1 Å². The van der Waals surface area contributed by atoms with Crippen molar-refractivity contribution >= 4 is 23.5 Å². The number of hydrogen-bond acceptors (Lipinski definition) is 5. The molecule has 0 aliphatic rings. The molecule has 7 nitrogen and oxygen atoms in total. The number of carbonyl (C=O) groups excluding carboxylic acids is 3. The van der Waals surface area contributed by atoms with Gasteiger partial charge in [-0.3, -0.25) is 9.59 Å². The van der Waals surface area contributed by atoms with Crippen LogP contribution in [0.1, 0.15) is 28.9 Å². The highest BCUT2D eigenvalue weighted by Crippen LogP contribution is 2.15. The number of primary amides is 1. The number of aliphatic hydroxyl groups excluding tert-OH is 1. The van der Waals surface area contributed by atoms with E-state index in [0.717, 1.165) is 0 Å². The molecule has 2 amide bonds. The minimum Gasteiger partial charge on any atom is -0.450 e. The van der Waals surface area contributed by atoms with Gasteiger partial charge in [0.05, 0.1) is 0 Å². The van der Waals surface area contributed by atoms with Crippen LogP contribution in [-0.2, 0) is 14.3 Å². The Labute approximate surface area is 144 Å². The standard InChI is InChI=1S/C18H18N2O5/c1-11(25-18(24)15(21)12-5-3-2-4-6-12)17(23)20-14-9-7-13(8-10-14)16(19)22/h2-11,15,21H,1H3,(H2,19,22)(H,20,23)/t11-,15-/m1/s1. The fraction of sp³-hybridized carbons (Fsp3) is 0.167. The van der Waals surface area contributed by atoms with E-state index in [9.17, 15) is 19.5 Å². The van der Waals surface area contributed by atoms with E-state index in [2.05, 4.69) is 5.32 Å². The van der Waals surface area contributed by atoms with E-state index in [0.29, 0.717) is 16.8 Å². The second-order valence-electron chi connectivity index (χ2n) is 5.32. The lowest BCUT2D eigenvalue weighted by molar-refractivity contribution is -0.162. The quantitative estimate of drug-likeness (QED) is 0.686. The van der Waals surface area contributed by atoms with Gasteiger partial charge in [0.2, 0.25) is 5.91 Å². The van der Waals surface area contributed by atoms with Gasteiger partial charge >= 0.3 is 5.97 Å². The number of benzene rings is 2. The van der Waals surface area contributed by atoms with E-state index >= 15 is 0 Å². The molecule has 0 aliphatic carbocycles. The first-order valence-corrected chi connectivity index (χ1v) is 7.52. The molecule has 0 heterocycles. The summed E-state index contributed by atoms with van der Waals surface area (Å²) in [7, 11) is 0. The molecule has 0 aromatic heterocycles. The molecule has 2 aromatic carbocycles. The van der Waals surface area contributed by atoms with Gasteiger partial charge in [-0.05, 0) is 36.8 Å². The van der Waals surface area contributed by atoms with E-state index in [-0.39, 0.29) is 0 Å². The van der Waals surface area contributed by atoms with Gasteiger partial charge in [0, 0.05) is 11.3 Å². The van der Waals surface area contributed by atoms with Gasteiger partial charge in [0.15, 0.2) is 12.2 Å². The lowest BCUT2D eigenvalue weighted by Crippen LogP contribution is -2.31. The van der Waals surface area contributed by atoms with E-state index in [1.165, 1.54) is 31.2 Å². The summed E-state index contributed by atoms with van der Waals surface area (Å²) >= 11 is 0. The third kappa shape index (κ3) is 4.89. The zero-order valence-electron chi connectivity index (χ0n) is 13.5. The van der Waals surface area contributed by atoms with Gasteiger partial charge in [-0.15, -0.1) is 0 Å². The number of carbonyl (C=O) groups is 3. The third-order valence-electron chi connectivity index (χ3n) is 3.44. The normalized spacial score (nSPS) is 12.7. The number of rotatable bonds is 6. The molecule has 0 saturated heterocycles. The molecule has 0 fully saturated rings. The summed E-state index contributed by atoms with van der Waals surface area (Å²) in [6.07, 6.45) is -2.58. The monoisotopic (exact) mass is 342 g/mol. The van der Waals surface area contributed by atoms with Crippen molar-refractivity contribution in [3.63, 3.8) is 0 Å². The average Bonchev–Trinajstić information content (AvgIpc) is 2.62. The van der Waals surface area contributed by atoms with Crippen LogP contribution in [0.4, 0.5) is 5.69 Å². The Kier molecular flexibility index (Phi) is 5.86. The van der Waals surface area contributed by atoms with Crippen LogP contribution in [0.5, 0.6) is 0 Å². The maximum absolute atomic E-state index is 12.1. The molecule has 2 rings (SSSR count). The molecule has 130 valence electrons. The number of hydrogen-bond donors (Lipinski definition) is 3. The van der Waals surface area contributed by atoms with Crippen molar-refractivity contribution in [1.82, 2.24) is 0 Å². The summed E-state index contributed by atoms with van der Waals surface area (Å²) in [5, 5.41) is 12.5. The number of aliphatic hydroxyl groups is 1. The van der Waals surface area contributed by atoms with Crippen molar-refractivity contribution in [3.05, 3.63) is 65.7 Å². The van der Waals surface area contributed by atoms with E-state index in [1.807, 2.05) is 0 Å². The van der Waals surface area contributed by atoms with Crippen molar-refractivity contribution in [2.24, 2.45) is 5.73 Å². The van der Waals surface area contributed by atoms with Crippen LogP contribution in [-0.4, -0.2) is 29.0 Å². The fourth-order valence-electron chi connectivity index (χ4n) is 2.03. The molecule has 0 bridgehead atoms. The Hall–Kier alpha value is -3.19. The Bertz CT molecular complexity index is 759. The smallest absolute Gasteiger partial charge is 0.340 e. The highest BCUT2D eigenvalue weighted by atomic mass is 16.6. The fourth-order valence-corrected chi connectivity index (χ4v) is 2.03. The van der Waals surface area contributed by atoms with Crippen LogP contribution in [0.25, 0.3) is 0 Å². The number of nitrogens with two attached hydrogens (primary N) is 1. The van der Waals surface area contributed by atoms with Crippen LogP contribution in [0, 0.1) is 0 Å². The molecule has 4 N–H and O–H groups in total. The van der Waals surface area contributed by atoms with Crippen molar-refractivity contribution in [3.8, 4) is 0 Å². The average molecular weight is 342 g/mol. The predicted octanol–water partition coefficient (Wildman–Crippen LogP) is 1.39. The molecule has 0 unspecified atom stereocenters. The molecule has 7 heteroatoms. The maximum Gasteiger partial charge on any atom is 0.340 e. The zero-order chi connectivity index (χ0) is 18.4. The zero-order valence-corrected chi connectivity index (χ0v) is 13.5. The van der Waals surface area contributed by atoms with E-state index in [1.54, 1.807) is 30.3 Å². The molecule has 2 atom stereocenters. The molecule has 0 aliphatic heterocycles. The first kappa shape index (κ1) is 18.2. The van der Waals surface area contributed by atoms with Crippen LogP contribution in [0.3, 0.4) is 0 Å². The van der Waals surface area contributed by atoms with Crippen molar-refractivity contribution in [1.29, 1.82) is 0 Å². The highest BCUT2D eigenvalue weighted by Gasteiger charge is 2.24. The molecular formula is C18H18N2O5. The minimum absolute atomic E-state index is 0.309. The summed E-state index contributed by atoms with van der Waals surface area (Å²) in [5.74, 6) is -2.06. The lowest BCUT2D eigenvalue weighted by atomic mass is 10.1. The van der Waals surface area contributed by atoms with Gasteiger partial charge < -0.3 is 20.9 Å². The number of nitrogens with one attached hydrogen (secondary N) is 1. The van der Waals surface area contributed by atoms with Gasteiger partial charge in [0.1, 0.15) is 0 Å². The Morgan fingerprint density at radius 3 is 2.20 bits per heavy atom. The summed E-state index contributed by atoms with van der Waals surface area (Å²) in [5.41, 5.74) is 6.24. The van der Waals surface area contributed by atoms with Gasteiger partial charge in [-0.2, -0.15) is 0 Å². The van der Waals surface area contributed by atoms with Gasteiger partial charge in [-0.25, -0.2) is 4.79 Å². The summed E-state index contributed by atoms with van der Waals surface area (Å²) in [4.78, 5) is 35.0. The van der Waals surface area contributed by atoms with Crippen LogP contribution in [0.15, 0.2) is 54.6 Å². The largest absolute Gasteiger partial charge is 0.450 e. The van der Waals surface area contributed by atoms with Crippen LogP contribution in [0.2, 0.25) is 0 Å². The van der Waals surface area contributed by atoms with E-state index in [4.69, 9.17) is 10.5 Å². The first-order chi connectivity index (χ1) is 11.9. The van der Waals surface area contributed by atoms with Crippen molar-refractivity contribution in [2.75, 3.05) is 5.32 Å². The lowest BCUT2D eigenvalue weighted by Gasteiger charge is -2.16.